The summed E-state index contributed by atoms with van der Waals surface area (Å²) in [6, 6.07) is -0.660. The second-order valence-electron chi connectivity index (χ2n) is 7.52. The first kappa shape index (κ1) is 17.9. The number of hydrogen-bond donors (Lipinski definition) is 1. The normalized spacial score (nSPS) is 23.3. The number of carbonyl (C=O) groups is 2. The van der Waals surface area contributed by atoms with Crippen molar-refractivity contribution in [1.82, 2.24) is 19.4 Å². The van der Waals surface area contributed by atoms with Gasteiger partial charge in [0.2, 0.25) is 5.91 Å². The van der Waals surface area contributed by atoms with Gasteiger partial charge in [-0.25, -0.2) is 9.78 Å². The smallest absolute Gasteiger partial charge is 0.326 e. The van der Waals surface area contributed by atoms with Gasteiger partial charge in [0.05, 0.1) is 6.54 Å². The molecule has 25 heavy (non-hydrogen) atoms. The SMILES string of the molecule is CCCn1ccnc1CN1CCC2(CC1)CC(C(=O)O)N(C(C)=O)C2. The topological polar surface area (TPSA) is 78.7 Å². The number of imidazole rings is 1. The molecule has 3 rings (SSSR count). The van der Waals surface area contributed by atoms with Gasteiger partial charge in [-0.2, -0.15) is 0 Å². The Bertz CT molecular complexity index is 610. The molecule has 1 unspecified atom stereocenters. The number of aromatic nitrogens is 2. The second-order valence-corrected chi connectivity index (χ2v) is 7.52. The Balaban J connectivity index is 1.61. The van der Waals surface area contributed by atoms with E-state index in [1.54, 1.807) is 4.90 Å². The first-order valence-corrected chi connectivity index (χ1v) is 9.16. The summed E-state index contributed by atoms with van der Waals surface area (Å²) in [5, 5.41) is 9.44. The molecule has 0 bridgehead atoms. The summed E-state index contributed by atoms with van der Waals surface area (Å²) in [7, 11) is 0. The highest BCUT2D eigenvalue weighted by Gasteiger charge is 2.49. The van der Waals surface area contributed by atoms with Crippen LogP contribution in [-0.4, -0.2) is 62.0 Å². The third-order valence-corrected chi connectivity index (χ3v) is 5.75. The van der Waals surface area contributed by atoms with Crippen LogP contribution in [0.25, 0.3) is 0 Å². The first-order valence-electron chi connectivity index (χ1n) is 9.16. The average molecular weight is 348 g/mol. The van der Waals surface area contributed by atoms with Crippen LogP contribution >= 0.6 is 0 Å². The van der Waals surface area contributed by atoms with Crippen LogP contribution in [0.4, 0.5) is 0 Å². The fourth-order valence-electron chi connectivity index (χ4n) is 4.29. The van der Waals surface area contributed by atoms with Gasteiger partial charge in [0.25, 0.3) is 0 Å². The zero-order valence-electron chi connectivity index (χ0n) is 15.1. The summed E-state index contributed by atoms with van der Waals surface area (Å²) in [6.45, 7) is 7.89. The van der Waals surface area contributed by atoms with Gasteiger partial charge < -0.3 is 14.6 Å². The molecular formula is C18H28N4O3. The van der Waals surface area contributed by atoms with Crippen molar-refractivity contribution in [2.24, 2.45) is 5.41 Å². The molecule has 0 radical (unpaired) electrons. The van der Waals surface area contributed by atoms with Crippen LogP contribution in [0.1, 0.15) is 45.4 Å². The highest BCUT2D eigenvalue weighted by molar-refractivity contribution is 5.83. The maximum atomic E-state index is 11.8. The van der Waals surface area contributed by atoms with Crippen LogP contribution in [0, 0.1) is 5.41 Å². The van der Waals surface area contributed by atoms with E-state index in [9.17, 15) is 14.7 Å². The zero-order chi connectivity index (χ0) is 18.0. The summed E-state index contributed by atoms with van der Waals surface area (Å²) < 4.78 is 2.21. The largest absolute Gasteiger partial charge is 0.480 e. The Morgan fingerprint density at radius 3 is 2.64 bits per heavy atom. The lowest BCUT2D eigenvalue weighted by Gasteiger charge is -2.39. The monoisotopic (exact) mass is 348 g/mol. The molecule has 0 aromatic carbocycles. The molecule has 1 atom stereocenters. The summed E-state index contributed by atoms with van der Waals surface area (Å²) in [5.74, 6) is 0.0855. The molecule has 3 heterocycles. The van der Waals surface area contributed by atoms with E-state index in [0.717, 1.165) is 51.3 Å². The molecule has 1 aromatic heterocycles. The number of nitrogens with zero attached hydrogens (tertiary/aromatic N) is 4. The van der Waals surface area contributed by atoms with Crippen molar-refractivity contribution in [1.29, 1.82) is 0 Å². The lowest BCUT2D eigenvalue weighted by molar-refractivity contribution is -0.147. The maximum Gasteiger partial charge on any atom is 0.326 e. The van der Waals surface area contributed by atoms with Crippen molar-refractivity contribution >= 4 is 11.9 Å². The molecule has 1 amide bonds. The first-order chi connectivity index (χ1) is 11.9. The number of likely N-dealkylation sites (tertiary alicyclic amines) is 2. The molecule has 0 saturated carbocycles. The van der Waals surface area contributed by atoms with E-state index >= 15 is 0 Å². The van der Waals surface area contributed by atoms with Gasteiger partial charge in [0, 0.05) is 32.4 Å². The van der Waals surface area contributed by atoms with Crippen molar-refractivity contribution in [3.63, 3.8) is 0 Å². The molecule has 2 aliphatic heterocycles. The molecule has 1 N–H and O–H groups in total. The van der Waals surface area contributed by atoms with Crippen LogP contribution < -0.4 is 0 Å². The Morgan fingerprint density at radius 1 is 1.36 bits per heavy atom. The summed E-state index contributed by atoms with van der Waals surface area (Å²) >= 11 is 0. The molecule has 2 aliphatic rings. The third-order valence-electron chi connectivity index (χ3n) is 5.75. The van der Waals surface area contributed by atoms with E-state index in [1.165, 1.54) is 6.92 Å². The van der Waals surface area contributed by atoms with Crippen molar-refractivity contribution in [2.45, 2.75) is 58.7 Å². The van der Waals surface area contributed by atoms with E-state index in [4.69, 9.17) is 0 Å². The van der Waals surface area contributed by atoms with Crippen molar-refractivity contribution in [3.8, 4) is 0 Å². The maximum absolute atomic E-state index is 11.8. The standard InChI is InChI=1S/C18H28N4O3/c1-3-7-21-10-6-19-16(21)12-20-8-4-18(5-9-20)11-15(17(24)25)22(13-18)14(2)23/h6,10,15H,3-5,7-9,11-13H2,1-2H3,(H,24,25). The minimum Gasteiger partial charge on any atom is -0.480 e. The number of aryl methyl sites for hydroxylation is 1. The lowest BCUT2D eigenvalue weighted by Crippen LogP contribution is -2.42. The van der Waals surface area contributed by atoms with Crippen LogP contribution in [0.5, 0.6) is 0 Å². The number of aliphatic carboxylic acids is 1. The third kappa shape index (κ3) is 3.71. The van der Waals surface area contributed by atoms with E-state index in [0.29, 0.717) is 13.0 Å². The van der Waals surface area contributed by atoms with Crippen LogP contribution in [-0.2, 0) is 22.7 Å². The molecule has 1 spiro atoms. The Labute approximate surface area is 148 Å². The minimum absolute atomic E-state index is 0.0376. The fraction of sp³-hybridized carbons (Fsp3) is 0.722. The minimum atomic E-state index is -0.879. The van der Waals surface area contributed by atoms with Crippen molar-refractivity contribution in [3.05, 3.63) is 18.2 Å². The van der Waals surface area contributed by atoms with Crippen molar-refractivity contribution in [2.75, 3.05) is 19.6 Å². The highest BCUT2D eigenvalue weighted by Crippen LogP contribution is 2.43. The molecule has 138 valence electrons. The predicted molar refractivity (Wildman–Crippen MR) is 92.9 cm³/mol. The average Bonchev–Trinajstić information content (AvgIpc) is 3.16. The number of amides is 1. The Morgan fingerprint density at radius 2 is 2.08 bits per heavy atom. The van der Waals surface area contributed by atoms with Gasteiger partial charge in [-0.1, -0.05) is 6.92 Å². The predicted octanol–water partition coefficient (Wildman–Crippen LogP) is 1.58. The molecule has 2 saturated heterocycles. The molecule has 1 aromatic rings. The number of hydrogen-bond acceptors (Lipinski definition) is 4. The molecular weight excluding hydrogens is 320 g/mol. The Hall–Kier alpha value is -1.89. The van der Waals surface area contributed by atoms with Gasteiger partial charge in [-0.05, 0) is 44.2 Å². The van der Waals surface area contributed by atoms with E-state index in [-0.39, 0.29) is 11.3 Å². The van der Waals surface area contributed by atoms with Crippen LogP contribution in [0.3, 0.4) is 0 Å². The number of carbonyl (C=O) groups excluding carboxylic acids is 1. The van der Waals surface area contributed by atoms with E-state index < -0.39 is 12.0 Å². The fourth-order valence-corrected chi connectivity index (χ4v) is 4.29. The van der Waals surface area contributed by atoms with Crippen LogP contribution in [0.2, 0.25) is 0 Å². The molecule has 7 heteroatoms. The number of piperidine rings is 1. The quantitative estimate of drug-likeness (QED) is 0.874. The van der Waals surface area contributed by atoms with Gasteiger partial charge >= 0.3 is 5.97 Å². The summed E-state index contributed by atoms with van der Waals surface area (Å²) in [5.41, 5.74) is -0.0376. The van der Waals surface area contributed by atoms with Crippen molar-refractivity contribution < 1.29 is 14.7 Å². The molecule has 2 fully saturated rings. The Kier molecular flexibility index (Phi) is 5.13. The number of carboxylic acid groups (broad SMARTS) is 1. The van der Waals surface area contributed by atoms with Crippen LogP contribution in [0.15, 0.2) is 12.4 Å². The van der Waals surface area contributed by atoms with E-state index in [1.807, 2.05) is 12.4 Å². The van der Waals surface area contributed by atoms with E-state index in [2.05, 4.69) is 21.4 Å². The summed E-state index contributed by atoms with van der Waals surface area (Å²) in [6.07, 6.45) is 7.44. The van der Waals surface area contributed by atoms with Gasteiger partial charge in [0.15, 0.2) is 0 Å². The molecule has 0 aliphatic carbocycles. The molecule has 7 nitrogen and oxygen atoms in total. The second kappa shape index (κ2) is 7.15. The van der Waals surface area contributed by atoms with Gasteiger partial charge in [-0.15, -0.1) is 0 Å². The number of carboxylic acids is 1. The summed E-state index contributed by atoms with van der Waals surface area (Å²) in [4.78, 5) is 31.7. The van der Waals surface area contributed by atoms with Gasteiger partial charge in [0.1, 0.15) is 11.9 Å². The highest BCUT2D eigenvalue weighted by atomic mass is 16.4. The zero-order valence-corrected chi connectivity index (χ0v) is 15.1. The number of rotatable bonds is 5. The van der Waals surface area contributed by atoms with Gasteiger partial charge in [-0.3, -0.25) is 9.69 Å². The lowest BCUT2D eigenvalue weighted by atomic mass is 9.76.